The highest BCUT2D eigenvalue weighted by Gasteiger charge is 2.22. The molecule has 0 spiro atoms. The van der Waals surface area contributed by atoms with Crippen molar-refractivity contribution in [3.05, 3.63) is 23.4 Å². The molecule has 98 valence electrons. The van der Waals surface area contributed by atoms with E-state index in [1.54, 1.807) is 18.3 Å². The molecule has 1 aliphatic heterocycles. The van der Waals surface area contributed by atoms with Gasteiger partial charge in [0.15, 0.2) is 0 Å². The SMILES string of the molecule is O=C(O)N1CCC(CNc2ncccc2Cl)CC1. The van der Waals surface area contributed by atoms with Gasteiger partial charge in [0, 0.05) is 25.8 Å². The van der Waals surface area contributed by atoms with Crippen molar-refractivity contribution in [3.63, 3.8) is 0 Å². The van der Waals surface area contributed by atoms with Crippen LogP contribution in [-0.4, -0.2) is 40.7 Å². The van der Waals surface area contributed by atoms with Gasteiger partial charge in [-0.3, -0.25) is 0 Å². The Bertz CT molecular complexity index is 420. The van der Waals surface area contributed by atoms with E-state index in [4.69, 9.17) is 16.7 Å². The van der Waals surface area contributed by atoms with Gasteiger partial charge in [-0.25, -0.2) is 9.78 Å². The Kier molecular flexibility index (Phi) is 4.25. The smallest absolute Gasteiger partial charge is 0.407 e. The second-order valence-electron chi connectivity index (χ2n) is 4.43. The van der Waals surface area contributed by atoms with E-state index in [1.807, 2.05) is 0 Å². The zero-order valence-electron chi connectivity index (χ0n) is 9.97. The number of piperidine rings is 1. The van der Waals surface area contributed by atoms with Gasteiger partial charge < -0.3 is 15.3 Å². The molecule has 0 aliphatic carbocycles. The first-order chi connectivity index (χ1) is 8.66. The monoisotopic (exact) mass is 269 g/mol. The lowest BCUT2D eigenvalue weighted by atomic mass is 9.97. The second kappa shape index (κ2) is 5.91. The number of likely N-dealkylation sites (tertiary alicyclic amines) is 1. The molecule has 0 radical (unpaired) electrons. The van der Waals surface area contributed by atoms with Crippen LogP contribution in [0.2, 0.25) is 5.02 Å². The van der Waals surface area contributed by atoms with Crippen molar-refractivity contribution in [2.24, 2.45) is 5.92 Å². The van der Waals surface area contributed by atoms with Gasteiger partial charge in [-0.1, -0.05) is 11.6 Å². The zero-order chi connectivity index (χ0) is 13.0. The number of rotatable bonds is 3. The minimum atomic E-state index is -0.825. The summed E-state index contributed by atoms with van der Waals surface area (Å²) in [6.07, 6.45) is 2.63. The van der Waals surface area contributed by atoms with Crippen LogP contribution in [0.5, 0.6) is 0 Å². The summed E-state index contributed by atoms with van der Waals surface area (Å²) in [7, 11) is 0. The largest absolute Gasteiger partial charge is 0.465 e. The number of aromatic nitrogens is 1. The quantitative estimate of drug-likeness (QED) is 0.885. The topological polar surface area (TPSA) is 65.5 Å². The maximum atomic E-state index is 10.8. The maximum Gasteiger partial charge on any atom is 0.407 e. The lowest BCUT2D eigenvalue weighted by molar-refractivity contribution is 0.126. The van der Waals surface area contributed by atoms with Crippen LogP contribution in [0.3, 0.4) is 0 Å². The van der Waals surface area contributed by atoms with Crippen LogP contribution in [-0.2, 0) is 0 Å². The standard InChI is InChI=1S/C12H16ClN3O2/c13-10-2-1-5-14-11(10)15-8-9-3-6-16(7-4-9)12(17)18/h1-2,5,9H,3-4,6-8H2,(H,14,15)(H,17,18). The van der Waals surface area contributed by atoms with Crippen LogP contribution >= 0.6 is 11.6 Å². The molecule has 18 heavy (non-hydrogen) atoms. The third-order valence-electron chi connectivity index (χ3n) is 3.20. The summed E-state index contributed by atoms with van der Waals surface area (Å²) in [5.41, 5.74) is 0. The summed E-state index contributed by atoms with van der Waals surface area (Å²) in [5, 5.41) is 12.7. The second-order valence-corrected chi connectivity index (χ2v) is 4.83. The molecule has 1 aliphatic rings. The molecular weight excluding hydrogens is 254 g/mol. The summed E-state index contributed by atoms with van der Waals surface area (Å²) in [4.78, 5) is 16.4. The van der Waals surface area contributed by atoms with Crippen LogP contribution in [0, 0.1) is 5.92 Å². The Labute approximate surface area is 111 Å². The normalized spacial score (nSPS) is 16.6. The van der Waals surface area contributed by atoms with Gasteiger partial charge in [0.1, 0.15) is 5.82 Å². The summed E-state index contributed by atoms with van der Waals surface area (Å²) in [5.74, 6) is 1.17. The minimum Gasteiger partial charge on any atom is -0.465 e. The van der Waals surface area contributed by atoms with Gasteiger partial charge in [0.05, 0.1) is 5.02 Å². The highest BCUT2D eigenvalue weighted by Crippen LogP contribution is 2.21. The lowest BCUT2D eigenvalue weighted by Gasteiger charge is -2.30. The number of carbonyl (C=O) groups is 1. The Morgan fingerprint density at radius 3 is 2.89 bits per heavy atom. The van der Waals surface area contributed by atoms with Crippen molar-refractivity contribution >= 4 is 23.5 Å². The molecule has 1 amide bonds. The van der Waals surface area contributed by atoms with Gasteiger partial charge in [0.25, 0.3) is 0 Å². The molecule has 0 aromatic carbocycles. The van der Waals surface area contributed by atoms with Crippen molar-refractivity contribution < 1.29 is 9.90 Å². The number of carboxylic acid groups (broad SMARTS) is 1. The summed E-state index contributed by atoms with van der Waals surface area (Å²) in [6.45, 7) is 2.00. The fourth-order valence-corrected chi connectivity index (χ4v) is 2.27. The number of pyridine rings is 1. The van der Waals surface area contributed by atoms with Crippen LogP contribution in [0.15, 0.2) is 18.3 Å². The molecule has 1 aromatic rings. The maximum absolute atomic E-state index is 10.8. The number of nitrogens with one attached hydrogen (secondary N) is 1. The van der Waals surface area contributed by atoms with E-state index in [0.717, 1.165) is 19.4 Å². The lowest BCUT2D eigenvalue weighted by Crippen LogP contribution is -2.39. The number of anilines is 1. The van der Waals surface area contributed by atoms with Crippen molar-refractivity contribution in [3.8, 4) is 0 Å². The number of halogens is 1. The molecule has 0 saturated carbocycles. The van der Waals surface area contributed by atoms with Gasteiger partial charge in [-0.15, -0.1) is 0 Å². The Morgan fingerprint density at radius 2 is 2.28 bits per heavy atom. The number of hydrogen-bond acceptors (Lipinski definition) is 3. The molecule has 0 unspecified atom stereocenters. The Balaban J connectivity index is 1.79. The first-order valence-electron chi connectivity index (χ1n) is 5.99. The van der Waals surface area contributed by atoms with Crippen LogP contribution in [0.1, 0.15) is 12.8 Å². The highest BCUT2D eigenvalue weighted by molar-refractivity contribution is 6.32. The average Bonchev–Trinajstić information content (AvgIpc) is 2.38. The van der Waals surface area contributed by atoms with E-state index in [2.05, 4.69) is 10.3 Å². The van der Waals surface area contributed by atoms with Crippen molar-refractivity contribution in [2.75, 3.05) is 25.0 Å². The predicted molar refractivity (Wildman–Crippen MR) is 70.1 cm³/mol. The Morgan fingerprint density at radius 1 is 1.56 bits per heavy atom. The van der Waals surface area contributed by atoms with E-state index in [1.165, 1.54) is 4.90 Å². The summed E-state index contributed by atoms with van der Waals surface area (Å²) < 4.78 is 0. The van der Waals surface area contributed by atoms with E-state index in [-0.39, 0.29) is 0 Å². The van der Waals surface area contributed by atoms with Crippen LogP contribution < -0.4 is 5.32 Å². The first kappa shape index (κ1) is 13.0. The van der Waals surface area contributed by atoms with Crippen molar-refractivity contribution in [1.29, 1.82) is 0 Å². The molecular formula is C12H16ClN3O2. The highest BCUT2D eigenvalue weighted by atomic mass is 35.5. The molecule has 5 nitrogen and oxygen atoms in total. The minimum absolute atomic E-state index is 0.471. The molecule has 0 bridgehead atoms. The van der Waals surface area contributed by atoms with Gasteiger partial charge >= 0.3 is 6.09 Å². The van der Waals surface area contributed by atoms with E-state index in [9.17, 15) is 4.79 Å². The van der Waals surface area contributed by atoms with E-state index >= 15 is 0 Å². The molecule has 1 fully saturated rings. The molecule has 2 rings (SSSR count). The van der Waals surface area contributed by atoms with Gasteiger partial charge in [-0.2, -0.15) is 0 Å². The predicted octanol–water partition coefficient (Wildman–Crippen LogP) is 2.54. The van der Waals surface area contributed by atoms with E-state index < -0.39 is 6.09 Å². The van der Waals surface area contributed by atoms with Gasteiger partial charge in [-0.05, 0) is 30.9 Å². The molecule has 0 atom stereocenters. The van der Waals surface area contributed by atoms with Crippen molar-refractivity contribution in [2.45, 2.75) is 12.8 Å². The average molecular weight is 270 g/mol. The fourth-order valence-electron chi connectivity index (χ4n) is 2.09. The number of nitrogens with zero attached hydrogens (tertiary/aromatic N) is 2. The molecule has 1 saturated heterocycles. The number of amides is 1. The zero-order valence-corrected chi connectivity index (χ0v) is 10.7. The molecule has 2 heterocycles. The fraction of sp³-hybridized carbons (Fsp3) is 0.500. The van der Waals surface area contributed by atoms with E-state index in [0.29, 0.717) is 29.8 Å². The third kappa shape index (κ3) is 3.26. The third-order valence-corrected chi connectivity index (χ3v) is 3.51. The van der Waals surface area contributed by atoms with Crippen LogP contribution in [0.4, 0.5) is 10.6 Å². The molecule has 2 N–H and O–H groups in total. The molecule has 6 heteroatoms. The number of hydrogen-bond donors (Lipinski definition) is 2. The Hall–Kier alpha value is -1.49. The van der Waals surface area contributed by atoms with Crippen molar-refractivity contribution in [1.82, 2.24) is 9.88 Å². The summed E-state index contributed by atoms with van der Waals surface area (Å²) >= 11 is 6.00. The summed E-state index contributed by atoms with van der Waals surface area (Å²) in [6, 6.07) is 3.59. The van der Waals surface area contributed by atoms with Gasteiger partial charge in [0.2, 0.25) is 0 Å². The first-order valence-corrected chi connectivity index (χ1v) is 6.37. The van der Waals surface area contributed by atoms with Crippen LogP contribution in [0.25, 0.3) is 0 Å². The molecule has 1 aromatic heterocycles.